The lowest BCUT2D eigenvalue weighted by Gasteiger charge is -2.03. The van der Waals surface area contributed by atoms with Gasteiger partial charge in [0.05, 0.1) is 11.7 Å². The van der Waals surface area contributed by atoms with Crippen LogP contribution in [0.5, 0.6) is 0 Å². The van der Waals surface area contributed by atoms with E-state index in [-0.39, 0.29) is 12.2 Å². The number of thiophene rings is 1. The molecule has 2 aromatic heterocycles. The Labute approximate surface area is 130 Å². The van der Waals surface area contributed by atoms with Crippen molar-refractivity contribution in [2.45, 2.75) is 13.5 Å². The Kier molecular flexibility index (Phi) is 3.77. The molecule has 0 saturated carbocycles. The van der Waals surface area contributed by atoms with Crippen LogP contribution in [0.2, 0.25) is 0 Å². The summed E-state index contributed by atoms with van der Waals surface area (Å²) >= 11 is 1.19. The first kappa shape index (κ1) is 14.5. The summed E-state index contributed by atoms with van der Waals surface area (Å²) in [7, 11) is 1.64. The molecule has 0 atom stereocenters. The second-order valence-corrected chi connectivity index (χ2v) is 5.96. The van der Waals surface area contributed by atoms with Crippen LogP contribution in [-0.2, 0) is 18.4 Å². The van der Waals surface area contributed by atoms with Crippen molar-refractivity contribution in [3.8, 4) is 0 Å². The number of ether oxygens (including phenoxy) is 1. The second-order valence-electron chi connectivity index (χ2n) is 4.96. The van der Waals surface area contributed by atoms with Crippen LogP contribution >= 0.6 is 11.3 Å². The van der Waals surface area contributed by atoms with Gasteiger partial charge in [-0.2, -0.15) is 0 Å². The number of esters is 1. The Hall–Kier alpha value is -2.47. The van der Waals surface area contributed by atoms with Gasteiger partial charge in [0.25, 0.3) is 5.56 Å². The molecule has 1 aromatic carbocycles. The van der Waals surface area contributed by atoms with Gasteiger partial charge in [0.15, 0.2) is 0 Å². The Balaban J connectivity index is 1.90. The number of hydrogen-bond acceptors (Lipinski definition) is 5. The first-order chi connectivity index (χ1) is 10.6. The van der Waals surface area contributed by atoms with Crippen molar-refractivity contribution in [3.05, 3.63) is 63.0 Å². The van der Waals surface area contributed by atoms with Crippen molar-refractivity contribution in [2.75, 3.05) is 0 Å². The Morgan fingerprint density at radius 2 is 2.05 bits per heavy atom. The molecule has 0 radical (unpaired) electrons. The molecule has 112 valence electrons. The normalized spacial score (nSPS) is 10.8. The first-order valence-corrected chi connectivity index (χ1v) is 7.55. The summed E-state index contributed by atoms with van der Waals surface area (Å²) in [6.07, 6.45) is 1.46. The minimum Gasteiger partial charge on any atom is -0.457 e. The number of carbonyl (C=O) groups excluding carboxylic acids is 1. The summed E-state index contributed by atoms with van der Waals surface area (Å²) in [5, 5.41) is 0.488. The second kappa shape index (κ2) is 5.73. The van der Waals surface area contributed by atoms with Crippen LogP contribution in [0.25, 0.3) is 10.2 Å². The molecule has 0 aliphatic carbocycles. The quantitative estimate of drug-likeness (QED) is 0.697. The summed E-state index contributed by atoms with van der Waals surface area (Å²) < 4.78 is 6.73. The molecule has 0 aliphatic heterocycles. The van der Waals surface area contributed by atoms with Gasteiger partial charge < -0.3 is 9.30 Å². The largest absolute Gasteiger partial charge is 0.457 e. The smallest absolute Gasteiger partial charge is 0.349 e. The fourth-order valence-electron chi connectivity index (χ4n) is 2.19. The van der Waals surface area contributed by atoms with Gasteiger partial charge in [0.2, 0.25) is 0 Å². The van der Waals surface area contributed by atoms with Gasteiger partial charge in [-0.15, -0.1) is 11.3 Å². The third-order valence-electron chi connectivity index (χ3n) is 3.41. The fraction of sp³-hybridized carbons (Fsp3) is 0.188. The molecule has 3 rings (SSSR count). The van der Waals surface area contributed by atoms with Crippen molar-refractivity contribution in [1.82, 2.24) is 9.55 Å². The van der Waals surface area contributed by atoms with Gasteiger partial charge in [-0.25, -0.2) is 9.78 Å². The maximum Gasteiger partial charge on any atom is 0.349 e. The Bertz CT molecular complexity index is 897. The maximum atomic E-state index is 12.3. The van der Waals surface area contributed by atoms with Crippen LogP contribution < -0.4 is 5.56 Å². The number of hydrogen-bond donors (Lipinski definition) is 0. The number of benzene rings is 1. The van der Waals surface area contributed by atoms with Crippen molar-refractivity contribution in [1.29, 1.82) is 0 Å². The summed E-state index contributed by atoms with van der Waals surface area (Å²) in [4.78, 5) is 29.6. The monoisotopic (exact) mass is 314 g/mol. The molecule has 5 nitrogen and oxygen atoms in total. The molecule has 0 amide bonds. The third kappa shape index (κ3) is 2.53. The van der Waals surface area contributed by atoms with E-state index in [1.54, 1.807) is 14.0 Å². The maximum absolute atomic E-state index is 12.3. The van der Waals surface area contributed by atoms with Crippen LogP contribution in [0.3, 0.4) is 0 Å². The zero-order chi connectivity index (χ0) is 15.7. The van der Waals surface area contributed by atoms with Crippen molar-refractivity contribution < 1.29 is 9.53 Å². The highest BCUT2D eigenvalue weighted by Crippen LogP contribution is 2.27. The summed E-state index contributed by atoms with van der Waals surface area (Å²) in [6, 6.07) is 9.47. The SMILES string of the molecule is Cc1c(C(=O)OCc2ccccc2)sc2ncn(C)c(=O)c12. The van der Waals surface area contributed by atoms with Crippen molar-refractivity contribution >= 4 is 27.5 Å². The molecule has 0 saturated heterocycles. The number of aromatic nitrogens is 2. The van der Waals surface area contributed by atoms with Crippen LogP contribution in [0.15, 0.2) is 41.5 Å². The lowest BCUT2D eigenvalue weighted by Crippen LogP contribution is -2.16. The molecule has 0 fully saturated rings. The van der Waals surface area contributed by atoms with Gasteiger partial charge in [-0.1, -0.05) is 30.3 Å². The van der Waals surface area contributed by atoms with Gasteiger partial charge in [-0.3, -0.25) is 4.79 Å². The van der Waals surface area contributed by atoms with Crippen LogP contribution in [0.4, 0.5) is 0 Å². The molecule has 6 heteroatoms. The predicted molar refractivity (Wildman–Crippen MR) is 85.2 cm³/mol. The minimum absolute atomic E-state index is 0.152. The molecule has 22 heavy (non-hydrogen) atoms. The van der Waals surface area contributed by atoms with Gasteiger partial charge in [0, 0.05) is 7.05 Å². The van der Waals surface area contributed by atoms with Gasteiger partial charge >= 0.3 is 5.97 Å². The van der Waals surface area contributed by atoms with Gasteiger partial charge in [-0.05, 0) is 18.1 Å². The van der Waals surface area contributed by atoms with Crippen molar-refractivity contribution in [2.24, 2.45) is 7.05 Å². The zero-order valence-corrected chi connectivity index (χ0v) is 13.0. The number of aryl methyl sites for hydroxylation is 2. The molecule has 0 unspecified atom stereocenters. The number of nitrogens with zero attached hydrogens (tertiary/aromatic N) is 2. The summed E-state index contributed by atoms with van der Waals surface area (Å²) in [5.74, 6) is -0.425. The van der Waals surface area contributed by atoms with E-state index in [0.717, 1.165) is 5.56 Å². The average Bonchev–Trinajstić information content (AvgIpc) is 2.87. The van der Waals surface area contributed by atoms with Gasteiger partial charge in [0.1, 0.15) is 16.3 Å². The number of rotatable bonds is 3. The molecular weight excluding hydrogens is 300 g/mol. The van der Waals surface area contributed by atoms with Crippen molar-refractivity contribution in [3.63, 3.8) is 0 Å². The molecule has 0 spiro atoms. The van der Waals surface area contributed by atoms with Crippen LogP contribution in [-0.4, -0.2) is 15.5 Å². The highest BCUT2D eigenvalue weighted by Gasteiger charge is 2.20. The van der Waals surface area contributed by atoms with E-state index in [9.17, 15) is 9.59 Å². The lowest BCUT2D eigenvalue weighted by molar-refractivity contribution is 0.0478. The predicted octanol–water partition coefficient (Wildman–Crippen LogP) is 2.66. The molecule has 3 aromatic rings. The zero-order valence-electron chi connectivity index (χ0n) is 12.2. The number of carbonyl (C=O) groups is 1. The lowest BCUT2D eigenvalue weighted by atomic mass is 10.2. The molecule has 0 N–H and O–H groups in total. The standard InChI is InChI=1S/C16H14N2O3S/c1-10-12-14(17-9-18(2)15(12)19)22-13(10)16(20)21-8-11-6-4-3-5-7-11/h3-7,9H,8H2,1-2H3. The third-order valence-corrected chi connectivity index (χ3v) is 4.59. The van der Waals surface area contributed by atoms with Crippen LogP contribution in [0, 0.1) is 6.92 Å². The van der Waals surface area contributed by atoms with E-state index < -0.39 is 5.97 Å². The molecular formula is C16H14N2O3S. The average molecular weight is 314 g/mol. The summed E-state index contributed by atoms with van der Waals surface area (Å²) in [5.41, 5.74) is 1.40. The minimum atomic E-state index is -0.425. The highest BCUT2D eigenvalue weighted by molar-refractivity contribution is 7.20. The van der Waals surface area contributed by atoms with E-state index in [4.69, 9.17) is 4.74 Å². The highest BCUT2D eigenvalue weighted by atomic mass is 32.1. The summed E-state index contributed by atoms with van der Waals surface area (Å²) in [6.45, 7) is 1.96. The topological polar surface area (TPSA) is 61.2 Å². The molecule has 2 heterocycles. The molecule has 0 aliphatic rings. The van der Waals surface area contributed by atoms with E-state index in [1.807, 2.05) is 30.3 Å². The van der Waals surface area contributed by atoms with Crippen LogP contribution in [0.1, 0.15) is 20.8 Å². The Morgan fingerprint density at radius 1 is 1.32 bits per heavy atom. The molecule has 0 bridgehead atoms. The first-order valence-electron chi connectivity index (χ1n) is 6.73. The van der Waals surface area contributed by atoms with E-state index >= 15 is 0 Å². The fourth-order valence-corrected chi connectivity index (χ4v) is 3.23. The number of fused-ring (bicyclic) bond motifs is 1. The van der Waals surface area contributed by atoms with E-state index in [2.05, 4.69) is 4.98 Å². The van der Waals surface area contributed by atoms with E-state index in [0.29, 0.717) is 20.7 Å². The van der Waals surface area contributed by atoms with E-state index in [1.165, 1.54) is 22.2 Å². The Morgan fingerprint density at radius 3 is 2.77 bits per heavy atom.